The molecule has 0 aliphatic carbocycles. The van der Waals surface area contributed by atoms with Crippen LogP contribution in [0.5, 0.6) is 0 Å². The highest BCUT2D eigenvalue weighted by atomic mass is 32.1. The van der Waals surface area contributed by atoms with Gasteiger partial charge in [-0.25, -0.2) is 4.98 Å². The third-order valence-electron chi connectivity index (χ3n) is 3.01. The maximum Gasteiger partial charge on any atom is 0.107 e. The SMILES string of the molecule is CCNC1COCC1CNCc1nc(C)cs1. The first-order valence-electron chi connectivity index (χ1n) is 6.22. The normalized spacial score (nSPS) is 24.4. The molecule has 17 heavy (non-hydrogen) atoms. The van der Waals surface area contributed by atoms with Gasteiger partial charge in [0.25, 0.3) is 0 Å². The van der Waals surface area contributed by atoms with E-state index in [9.17, 15) is 0 Å². The van der Waals surface area contributed by atoms with E-state index in [0.717, 1.165) is 38.5 Å². The Bertz CT molecular complexity index is 342. The highest BCUT2D eigenvalue weighted by Gasteiger charge is 2.26. The van der Waals surface area contributed by atoms with Gasteiger partial charge >= 0.3 is 0 Å². The van der Waals surface area contributed by atoms with Crippen LogP contribution in [-0.2, 0) is 11.3 Å². The van der Waals surface area contributed by atoms with E-state index in [-0.39, 0.29) is 0 Å². The van der Waals surface area contributed by atoms with Gasteiger partial charge in [-0.1, -0.05) is 6.92 Å². The van der Waals surface area contributed by atoms with Crippen LogP contribution in [0.25, 0.3) is 0 Å². The predicted octanol–water partition coefficient (Wildman–Crippen LogP) is 1.17. The van der Waals surface area contributed by atoms with Crippen LogP contribution in [0, 0.1) is 12.8 Å². The number of aryl methyl sites for hydroxylation is 1. The van der Waals surface area contributed by atoms with Crippen molar-refractivity contribution in [1.29, 1.82) is 0 Å². The van der Waals surface area contributed by atoms with Crippen molar-refractivity contribution in [2.45, 2.75) is 26.4 Å². The molecule has 1 saturated heterocycles. The van der Waals surface area contributed by atoms with Gasteiger partial charge < -0.3 is 15.4 Å². The van der Waals surface area contributed by atoms with E-state index < -0.39 is 0 Å². The number of likely N-dealkylation sites (N-methyl/N-ethyl adjacent to an activating group) is 1. The Morgan fingerprint density at radius 1 is 1.53 bits per heavy atom. The molecule has 1 fully saturated rings. The Labute approximate surface area is 107 Å². The minimum absolute atomic E-state index is 0.505. The Kier molecular flexibility index (Phi) is 4.91. The molecule has 96 valence electrons. The van der Waals surface area contributed by atoms with Gasteiger partial charge in [0.05, 0.1) is 13.2 Å². The molecule has 0 bridgehead atoms. The summed E-state index contributed by atoms with van der Waals surface area (Å²) in [6, 6.07) is 0.505. The van der Waals surface area contributed by atoms with Crippen LogP contribution in [0.3, 0.4) is 0 Å². The molecule has 2 unspecified atom stereocenters. The van der Waals surface area contributed by atoms with E-state index in [1.165, 1.54) is 5.01 Å². The van der Waals surface area contributed by atoms with Crippen molar-refractivity contribution in [2.24, 2.45) is 5.92 Å². The molecule has 1 aromatic rings. The summed E-state index contributed by atoms with van der Waals surface area (Å²) >= 11 is 1.72. The number of hydrogen-bond acceptors (Lipinski definition) is 5. The summed E-state index contributed by atoms with van der Waals surface area (Å²) in [5, 5.41) is 10.2. The van der Waals surface area contributed by atoms with Crippen molar-refractivity contribution in [1.82, 2.24) is 15.6 Å². The second kappa shape index (κ2) is 6.44. The first-order valence-corrected chi connectivity index (χ1v) is 7.10. The van der Waals surface area contributed by atoms with E-state index >= 15 is 0 Å². The number of thiazole rings is 1. The van der Waals surface area contributed by atoms with Crippen LogP contribution in [0.1, 0.15) is 17.6 Å². The summed E-state index contributed by atoms with van der Waals surface area (Å²) in [5.41, 5.74) is 1.11. The van der Waals surface area contributed by atoms with Gasteiger partial charge in [-0.15, -0.1) is 11.3 Å². The number of hydrogen-bond donors (Lipinski definition) is 2. The number of nitrogens with one attached hydrogen (secondary N) is 2. The van der Waals surface area contributed by atoms with Crippen molar-refractivity contribution in [3.63, 3.8) is 0 Å². The lowest BCUT2D eigenvalue weighted by molar-refractivity contribution is 0.182. The lowest BCUT2D eigenvalue weighted by Gasteiger charge is -2.18. The maximum absolute atomic E-state index is 5.51. The van der Waals surface area contributed by atoms with Crippen LogP contribution in [0.15, 0.2) is 5.38 Å². The van der Waals surface area contributed by atoms with E-state index in [1.807, 2.05) is 6.92 Å². The highest BCUT2D eigenvalue weighted by molar-refractivity contribution is 7.09. The molecule has 1 aliphatic rings. The second-order valence-corrected chi connectivity index (χ2v) is 5.42. The van der Waals surface area contributed by atoms with Gasteiger partial charge in [0, 0.05) is 36.1 Å². The summed E-state index contributed by atoms with van der Waals surface area (Å²) < 4.78 is 5.51. The summed E-state index contributed by atoms with van der Waals surface area (Å²) in [7, 11) is 0. The summed E-state index contributed by atoms with van der Waals surface area (Å²) in [5.74, 6) is 0.580. The van der Waals surface area contributed by atoms with Crippen LogP contribution in [-0.4, -0.2) is 37.3 Å². The van der Waals surface area contributed by atoms with E-state index in [1.54, 1.807) is 11.3 Å². The summed E-state index contributed by atoms with van der Waals surface area (Å²) in [6.45, 7) is 8.76. The molecule has 2 N–H and O–H groups in total. The van der Waals surface area contributed by atoms with Gasteiger partial charge in [0.1, 0.15) is 5.01 Å². The molecule has 1 aromatic heterocycles. The number of nitrogens with zero attached hydrogens (tertiary/aromatic N) is 1. The molecular weight excluding hydrogens is 234 g/mol. The van der Waals surface area contributed by atoms with Gasteiger partial charge in [-0.2, -0.15) is 0 Å². The zero-order valence-corrected chi connectivity index (χ0v) is 11.3. The van der Waals surface area contributed by atoms with Crippen LogP contribution in [0.4, 0.5) is 0 Å². The average Bonchev–Trinajstić information content (AvgIpc) is 2.90. The maximum atomic E-state index is 5.51. The Morgan fingerprint density at radius 2 is 2.41 bits per heavy atom. The first kappa shape index (κ1) is 13.0. The molecule has 0 amide bonds. The Morgan fingerprint density at radius 3 is 3.12 bits per heavy atom. The summed E-state index contributed by atoms with van der Waals surface area (Å²) in [6.07, 6.45) is 0. The van der Waals surface area contributed by atoms with Crippen molar-refractivity contribution in [2.75, 3.05) is 26.3 Å². The molecule has 0 radical (unpaired) electrons. The molecule has 5 heteroatoms. The van der Waals surface area contributed by atoms with Crippen LogP contribution >= 0.6 is 11.3 Å². The van der Waals surface area contributed by atoms with E-state index in [4.69, 9.17) is 4.74 Å². The quantitative estimate of drug-likeness (QED) is 0.801. The standard InChI is InChI=1S/C12H21N3OS/c1-3-14-11-7-16-6-10(11)4-13-5-12-15-9(2)8-17-12/h8,10-11,13-14H,3-7H2,1-2H3. The Hall–Kier alpha value is -0.490. The fourth-order valence-electron chi connectivity index (χ4n) is 2.14. The van der Waals surface area contributed by atoms with Crippen molar-refractivity contribution in [3.05, 3.63) is 16.1 Å². The molecule has 0 aromatic carbocycles. The van der Waals surface area contributed by atoms with E-state index in [2.05, 4.69) is 27.9 Å². The van der Waals surface area contributed by atoms with Gasteiger partial charge in [0.2, 0.25) is 0 Å². The van der Waals surface area contributed by atoms with Crippen molar-refractivity contribution >= 4 is 11.3 Å². The molecule has 4 nitrogen and oxygen atoms in total. The number of ether oxygens (including phenoxy) is 1. The minimum Gasteiger partial charge on any atom is -0.379 e. The monoisotopic (exact) mass is 255 g/mol. The predicted molar refractivity (Wildman–Crippen MR) is 70.3 cm³/mol. The molecule has 1 aliphatic heterocycles. The molecule has 2 atom stereocenters. The topological polar surface area (TPSA) is 46.2 Å². The number of rotatable bonds is 6. The fourth-order valence-corrected chi connectivity index (χ4v) is 2.88. The zero-order valence-electron chi connectivity index (χ0n) is 10.5. The smallest absolute Gasteiger partial charge is 0.107 e. The second-order valence-electron chi connectivity index (χ2n) is 4.48. The summed E-state index contributed by atoms with van der Waals surface area (Å²) in [4.78, 5) is 4.44. The molecule has 2 heterocycles. The average molecular weight is 255 g/mol. The lowest BCUT2D eigenvalue weighted by Crippen LogP contribution is -2.40. The minimum atomic E-state index is 0.505. The number of aromatic nitrogens is 1. The van der Waals surface area contributed by atoms with Crippen molar-refractivity contribution < 1.29 is 4.74 Å². The lowest BCUT2D eigenvalue weighted by atomic mass is 10.0. The molecular formula is C12H21N3OS. The van der Waals surface area contributed by atoms with Gasteiger partial charge in [0.15, 0.2) is 0 Å². The third kappa shape index (κ3) is 3.74. The van der Waals surface area contributed by atoms with Gasteiger partial charge in [-0.3, -0.25) is 0 Å². The zero-order chi connectivity index (χ0) is 12.1. The van der Waals surface area contributed by atoms with Crippen LogP contribution in [0.2, 0.25) is 0 Å². The first-order chi connectivity index (χ1) is 8.29. The Balaban J connectivity index is 1.70. The molecule has 0 saturated carbocycles. The van der Waals surface area contributed by atoms with Crippen LogP contribution < -0.4 is 10.6 Å². The fraction of sp³-hybridized carbons (Fsp3) is 0.750. The van der Waals surface area contributed by atoms with E-state index in [0.29, 0.717) is 12.0 Å². The molecule has 0 spiro atoms. The highest BCUT2D eigenvalue weighted by Crippen LogP contribution is 2.13. The third-order valence-corrected chi connectivity index (χ3v) is 3.98. The van der Waals surface area contributed by atoms with Gasteiger partial charge in [-0.05, 0) is 13.5 Å². The van der Waals surface area contributed by atoms with Crippen molar-refractivity contribution in [3.8, 4) is 0 Å². The molecule has 2 rings (SSSR count). The largest absolute Gasteiger partial charge is 0.379 e.